The van der Waals surface area contributed by atoms with Gasteiger partial charge in [-0.2, -0.15) is 0 Å². The molecular weight excluding hydrogens is 208 g/mol. The summed E-state index contributed by atoms with van der Waals surface area (Å²) in [6.45, 7) is 10.1. The second kappa shape index (κ2) is 7.44. The molecule has 2 nitrogen and oxygen atoms in total. The number of likely N-dealkylation sites (N-methyl/N-ethyl adjacent to an activating group) is 1. The average Bonchev–Trinajstić information content (AvgIpc) is 2.39. The molecule has 2 unspecified atom stereocenters. The fourth-order valence-corrected chi connectivity index (χ4v) is 2.66. The van der Waals surface area contributed by atoms with Crippen LogP contribution in [0.5, 0.6) is 0 Å². The molecule has 1 heterocycles. The minimum Gasteiger partial charge on any atom is -0.313 e. The van der Waals surface area contributed by atoms with Crippen molar-refractivity contribution in [1.29, 1.82) is 0 Å². The van der Waals surface area contributed by atoms with E-state index in [4.69, 9.17) is 0 Å². The topological polar surface area (TPSA) is 24.9 Å². The van der Waals surface area contributed by atoms with Crippen LogP contribution in [0.1, 0.15) is 52.0 Å². The predicted octanol–water partition coefficient (Wildman–Crippen LogP) is 3.60. The third-order valence-corrected chi connectivity index (χ3v) is 3.77. The molecule has 1 rings (SSSR count). The van der Waals surface area contributed by atoms with Crippen LogP contribution in [0.4, 0.5) is 0 Å². The Kier molecular flexibility index (Phi) is 6.20. The van der Waals surface area contributed by atoms with Gasteiger partial charge in [0.1, 0.15) is 0 Å². The SMILES string of the molecule is CCNC(C(CC)CC)C(C)c1ccncc1. The molecule has 0 aliphatic carbocycles. The summed E-state index contributed by atoms with van der Waals surface area (Å²) in [4.78, 5) is 4.10. The van der Waals surface area contributed by atoms with E-state index in [1.165, 1.54) is 18.4 Å². The highest BCUT2D eigenvalue weighted by Crippen LogP contribution is 2.27. The van der Waals surface area contributed by atoms with Crippen LogP contribution in [0.3, 0.4) is 0 Å². The molecule has 96 valence electrons. The lowest BCUT2D eigenvalue weighted by atomic mass is 9.82. The van der Waals surface area contributed by atoms with Gasteiger partial charge in [0.05, 0.1) is 0 Å². The molecule has 0 aromatic carbocycles. The molecule has 0 amide bonds. The van der Waals surface area contributed by atoms with E-state index in [-0.39, 0.29) is 0 Å². The Labute approximate surface area is 106 Å². The van der Waals surface area contributed by atoms with Crippen molar-refractivity contribution >= 4 is 0 Å². The summed E-state index contributed by atoms with van der Waals surface area (Å²) < 4.78 is 0. The summed E-state index contributed by atoms with van der Waals surface area (Å²) in [5, 5.41) is 3.66. The van der Waals surface area contributed by atoms with Crippen molar-refractivity contribution in [2.45, 2.75) is 52.5 Å². The second-order valence-electron chi connectivity index (χ2n) is 4.73. The van der Waals surface area contributed by atoms with E-state index >= 15 is 0 Å². The molecule has 0 saturated carbocycles. The Bertz CT molecular complexity index is 293. The van der Waals surface area contributed by atoms with Crippen LogP contribution < -0.4 is 5.32 Å². The summed E-state index contributed by atoms with van der Waals surface area (Å²) in [6, 6.07) is 4.84. The van der Waals surface area contributed by atoms with E-state index in [1.807, 2.05) is 12.4 Å². The number of aromatic nitrogens is 1. The molecule has 1 aromatic heterocycles. The van der Waals surface area contributed by atoms with Crippen LogP contribution >= 0.6 is 0 Å². The fraction of sp³-hybridized carbons (Fsp3) is 0.667. The first-order valence-electron chi connectivity index (χ1n) is 6.87. The third kappa shape index (κ3) is 3.81. The zero-order valence-electron chi connectivity index (χ0n) is 11.6. The van der Waals surface area contributed by atoms with E-state index in [0.717, 1.165) is 12.5 Å². The molecule has 0 spiro atoms. The molecule has 17 heavy (non-hydrogen) atoms. The minimum absolute atomic E-state index is 0.544. The first-order chi connectivity index (χ1) is 8.24. The molecule has 0 aliphatic heterocycles. The Morgan fingerprint density at radius 3 is 2.18 bits per heavy atom. The van der Waals surface area contributed by atoms with Crippen LogP contribution in [0.15, 0.2) is 24.5 Å². The summed E-state index contributed by atoms with van der Waals surface area (Å²) in [5.41, 5.74) is 1.39. The number of pyridine rings is 1. The van der Waals surface area contributed by atoms with E-state index in [9.17, 15) is 0 Å². The standard InChI is InChI=1S/C15H26N2/c1-5-13(6-2)15(17-7-3)12(4)14-8-10-16-11-9-14/h8-13,15,17H,5-7H2,1-4H3. The van der Waals surface area contributed by atoms with Crippen LogP contribution in [-0.2, 0) is 0 Å². The maximum Gasteiger partial charge on any atom is 0.0270 e. The molecule has 0 radical (unpaired) electrons. The smallest absolute Gasteiger partial charge is 0.0270 e. The van der Waals surface area contributed by atoms with Crippen molar-refractivity contribution in [3.05, 3.63) is 30.1 Å². The molecule has 0 aliphatic rings. The van der Waals surface area contributed by atoms with Crippen molar-refractivity contribution in [1.82, 2.24) is 10.3 Å². The van der Waals surface area contributed by atoms with Gasteiger partial charge in [-0.1, -0.05) is 40.5 Å². The quantitative estimate of drug-likeness (QED) is 0.779. The van der Waals surface area contributed by atoms with Crippen LogP contribution in [-0.4, -0.2) is 17.6 Å². The molecular formula is C15H26N2. The Hall–Kier alpha value is -0.890. The normalized spacial score (nSPS) is 14.9. The van der Waals surface area contributed by atoms with Gasteiger partial charge in [0.15, 0.2) is 0 Å². The molecule has 1 N–H and O–H groups in total. The molecule has 1 aromatic rings. The Morgan fingerprint density at radius 2 is 1.71 bits per heavy atom. The van der Waals surface area contributed by atoms with Gasteiger partial charge in [-0.3, -0.25) is 4.98 Å². The van der Waals surface area contributed by atoms with Gasteiger partial charge in [0.25, 0.3) is 0 Å². The summed E-state index contributed by atoms with van der Waals surface area (Å²) in [5.74, 6) is 1.29. The van der Waals surface area contributed by atoms with Crippen LogP contribution in [0.25, 0.3) is 0 Å². The van der Waals surface area contributed by atoms with E-state index in [0.29, 0.717) is 12.0 Å². The van der Waals surface area contributed by atoms with Gasteiger partial charge in [-0.05, 0) is 36.1 Å². The van der Waals surface area contributed by atoms with Gasteiger partial charge in [-0.15, -0.1) is 0 Å². The van der Waals surface area contributed by atoms with Gasteiger partial charge in [0.2, 0.25) is 0 Å². The van der Waals surface area contributed by atoms with Crippen molar-refractivity contribution in [3.63, 3.8) is 0 Å². The van der Waals surface area contributed by atoms with E-state index < -0.39 is 0 Å². The summed E-state index contributed by atoms with van der Waals surface area (Å²) >= 11 is 0. The van der Waals surface area contributed by atoms with E-state index in [2.05, 4.69) is 50.1 Å². The lowest BCUT2D eigenvalue weighted by Gasteiger charge is -2.31. The number of hydrogen-bond acceptors (Lipinski definition) is 2. The predicted molar refractivity (Wildman–Crippen MR) is 74.2 cm³/mol. The summed E-state index contributed by atoms with van der Waals surface area (Å²) in [7, 11) is 0. The minimum atomic E-state index is 0.544. The lowest BCUT2D eigenvalue weighted by Crippen LogP contribution is -2.39. The molecule has 2 atom stereocenters. The average molecular weight is 234 g/mol. The highest BCUT2D eigenvalue weighted by atomic mass is 14.9. The lowest BCUT2D eigenvalue weighted by molar-refractivity contribution is 0.303. The maximum absolute atomic E-state index is 4.10. The number of rotatable bonds is 7. The van der Waals surface area contributed by atoms with Gasteiger partial charge >= 0.3 is 0 Å². The van der Waals surface area contributed by atoms with Crippen molar-refractivity contribution in [3.8, 4) is 0 Å². The number of nitrogens with one attached hydrogen (secondary N) is 1. The van der Waals surface area contributed by atoms with Gasteiger partial charge < -0.3 is 5.32 Å². The van der Waals surface area contributed by atoms with Gasteiger partial charge in [-0.25, -0.2) is 0 Å². The highest BCUT2D eigenvalue weighted by molar-refractivity contribution is 5.17. The summed E-state index contributed by atoms with van der Waals surface area (Å²) in [6.07, 6.45) is 6.26. The third-order valence-electron chi connectivity index (χ3n) is 3.77. The maximum atomic E-state index is 4.10. The van der Waals surface area contributed by atoms with Crippen LogP contribution in [0, 0.1) is 5.92 Å². The Balaban J connectivity index is 2.83. The fourth-order valence-electron chi connectivity index (χ4n) is 2.66. The van der Waals surface area contributed by atoms with Crippen molar-refractivity contribution < 1.29 is 0 Å². The van der Waals surface area contributed by atoms with Gasteiger partial charge in [0, 0.05) is 18.4 Å². The van der Waals surface area contributed by atoms with Crippen molar-refractivity contribution in [2.75, 3.05) is 6.54 Å². The van der Waals surface area contributed by atoms with Crippen molar-refractivity contribution in [2.24, 2.45) is 5.92 Å². The number of hydrogen-bond donors (Lipinski definition) is 1. The Morgan fingerprint density at radius 1 is 1.12 bits per heavy atom. The number of nitrogens with zero attached hydrogens (tertiary/aromatic N) is 1. The molecule has 0 saturated heterocycles. The second-order valence-corrected chi connectivity index (χ2v) is 4.73. The first kappa shape index (κ1) is 14.2. The largest absolute Gasteiger partial charge is 0.313 e. The zero-order valence-corrected chi connectivity index (χ0v) is 11.6. The van der Waals surface area contributed by atoms with E-state index in [1.54, 1.807) is 0 Å². The van der Waals surface area contributed by atoms with Crippen LogP contribution in [0.2, 0.25) is 0 Å². The first-order valence-corrected chi connectivity index (χ1v) is 6.87. The highest BCUT2D eigenvalue weighted by Gasteiger charge is 2.24. The zero-order chi connectivity index (χ0) is 12.7. The molecule has 2 heteroatoms. The molecule has 0 fully saturated rings. The molecule has 0 bridgehead atoms. The monoisotopic (exact) mass is 234 g/mol.